The maximum atomic E-state index is 2.36. The highest BCUT2D eigenvalue weighted by Gasteiger charge is 2.14. The first-order valence-electron chi connectivity index (χ1n) is 8.25. The van der Waals surface area contributed by atoms with Crippen molar-refractivity contribution >= 4 is 38.4 Å². The van der Waals surface area contributed by atoms with Crippen molar-refractivity contribution in [2.24, 2.45) is 0 Å². The van der Waals surface area contributed by atoms with Gasteiger partial charge in [-0.3, -0.25) is 0 Å². The molecule has 23 heavy (non-hydrogen) atoms. The molecule has 0 heteroatoms. The van der Waals surface area contributed by atoms with Gasteiger partial charge in [0.25, 0.3) is 0 Å². The Hall–Kier alpha value is -2.60. The van der Waals surface area contributed by atoms with E-state index < -0.39 is 0 Å². The Morgan fingerprint density at radius 1 is 0.652 bits per heavy atom. The minimum Gasteiger partial charge on any atom is -0.0683 e. The summed E-state index contributed by atoms with van der Waals surface area (Å²) >= 11 is 0. The van der Waals surface area contributed by atoms with Crippen LogP contribution >= 0.6 is 0 Å². The molecule has 0 aromatic heterocycles. The van der Waals surface area contributed by atoms with E-state index in [2.05, 4.69) is 74.5 Å². The summed E-state index contributed by atoms with van der Waals surface area (Å²) in [6, 6.07) is 20.6. The van der Waals surface area contributed by atoms with Gasteiger partial charge in [-0.25, -0.2) is 0 Å². The molecule has 5 rings (SSSR count). The van der Waals surface area contributed by atoms with E-state index in [4.69, 9.17) is 0 Å². The number of benzene rings is 4. The molecule has 1 aliphatic rings. The number of rotatable bonds is 0. The van der Waals surface area contributed by atoms with Crippen LogP contribution in [0.25, 0.3) is 38.4 Å². The molecule has 0 nitrogen and oxygen atoms in total. The normalized spacial score (nSPS) is 13.7. The van der Waals surface area contributed by atoms with Crippen molar-refractivity contribution in [3.05, 3.63) is 76.9 Å². The van der Waals surface area contributed by atoms with Gasteiger partial charge in [-0.2, -0.15) is 0 Å². The average molecular weight is 294 g/mol. The molecule has 0 bridgehead atoms. The number of hydrogen-bond donors (Lipinski definition) is 0. The van der Waals surface area contributed by atoms with Crippen LogP contribution in [0, 0.1) is 6.92 Å². The van der Waals surface area contributed by atoms with Crippen LogP contribution in [0.4, 0.5) is 0 Å². The van der Waals surface area contributed by atoms with Crippen LogP contribution in [0.15, 0.2) is 60.2 Å². The van der Waals surface area contributed by atoms with E-state index in [1.165, 1.54) is 54.6 Å². The Kier molecular flexibility index (Phi) is 2.50. The predicted molar refractivity (Wildman–Crippen MR) is 101 cm³/mol. The highest BCUT2D eigenvalue weighted by molar-refractivity contribution is 6.14. The number of aryl methyl sites for hydroxylation is 1. The van der Waals surface area contributed by atoms with Gasteiger partial charge in [-0.05, 0) is 75.8 Å². The molecule has 0 amide bonds. The van der Waals surface area contributed by atoms with E-state index in [0.29, 0.717) is 0 Å². The quantitative estimate of drug-likeness (QED) is 0.259. The van der Waals surface area contributed by atoms with Gasteiger partial charge in [0.05, 0.1) is 0 Å². The summed E-state index contributed by atoms with van der Waals surface area (Å²) in [6.45, 7) is 4.38. The number of allylic oxidation sites excluding steroid dienone is 1. The van der Waals surface area contributed by atoms with Gasteiger partial charge >= 0.3 is 0 Å². The van der Waals surface area contributed by atoms with Crippen molar-refractivity contribution in [3.63, 3.8) is 0 Å². The van der Waals surface area contributed by atoms with Gasteiger partial charge in [0.1, 0.15) is 0 Å². The van der Waals surface area contributed by atoms with Gasteiger partial charge in [0, 0.05) is 0 Å². The minimum absolute atomic E-state index is 1.10. The first-order valence-corrected chi connectivity index (χ1v) is 8.25. The van der Waals surface area contributed by atoms with E-state index in [1.807, 2.05) is 0 Å². The smallest absolute Gasteiger partial charge is 0.00604 e. The lowest BCUT2D eigenvalue weighted by atomic mass is 9.94. The van der Waals surface area contributed by atoms with Crippen molar-refractivity contribution < 1.29 is 0 Å². The molecule has 0 atom stereocenters. The second-order valence-electron chi connectivity index (χ2n) is 6.89. The molecule has 0 spiro atoms. The first-order chi connectivity index (χ1) is 11.2. The van der Waals surface area contributed by atoms with Crippen molar-refractivity contribution in [2.45, 2.75) is 20.3 Å². The monoisotopic (exact) mass is 294 g/mol. The third-order valence-corrected chi connectivity index (χ3v) is 5.12. The van der Waals surface area contributed by atoms with Crippen LogP contribution in [0.3, 0.4) is 0 Å². The van der Waals surface area contributed by atoms with Gasteiger partial charge in [0.2, 0.25) is 0 Å². The van der Waals surface area contributed by atoms with Gasteiger partial charge in [-0.15, -0.1) is 0 Å². The summed E-state index contributed by atoms with van der Waals surface area (Å²) in [4.78, 5) is 0. The maximum absolute atomic E-state index is 2.36. The molecular weight excluding hydrogens is 276 g/mol. The lowest BCUT2D eigenvalue weighted by Crippen LogP contribution is -1.86. The standard InChI is InChI=1S/C23H18/c1-14-3-4-16-13-23-18(12-19(16)9-14)6-8-20-21(23)7-5-17-10-15(2)11-22(17)20/h3-9,11-13H,10H2,1-2H3. The van der Waals surface area contributed by atoms with E-state index in [-0.39, 0.29) is 0 Å². The third kappa shape index (κ3) is 1.85. The van der Waals surface area contributed by atoms with E-state index in [0.717, 1.165) is 6.42 Å². The zero-order valence-corrected chi connectivity index (χ0v) is 13.5. The number of fused-ring (bicyclic) bond motifs is 6. The van der Waals surface area contributed by atoms with Crippen LogP contribution in [0.1, 0.15) is 23.6 Å². The summed E-state index contributed by atoms with van der Waals surface area (Å²) in [5.74, 6) is 0. The molecule has 110 valence electrons. The van der Waals surface area contributed by atoms with Gasteiger partial charge < -0.3 is 0 Å². The van der Waals surface area contributed by atoms with E-state index in [9.17, 15) is 0 Å². The molecule has 4 aromatic rings. The van der Waals surface area contributed by atoms with Crippen LogP contribution < -0.4 is 0 Å². The van der Waals surface area contributed by atoms with Gasteiger partial charge in [-0.1, -0.05) is 59.7 Å². The Bertz CT molecular complexity index is 1140. The fourth-order valence-corrected chi connectivity index (χ4v) is 4.00. The summed E-state index contributed by atoms with van der Waals surface area (Å²) in [7, 11) is 0. The average Bonchev–Trinajstić information content (AvgIpc) is 2.93. The van der Waals surface area contributed by atoms with Crippen molar-refractivity contribution in [3.8, 4) is 0 Å². The zero-order chi connectivity index (χ0) is 15.6. The highest BCUT2D eigenvalue weighted by atomic mass is 14.2. The largest absolute Gasteiger partial charge is 0.0683 e. The topological polar surface area (TPSA) is 0 Å². The lowest BCUT2D eigenvalue weighted by molar-refractivity contribution is 1.20. The Labute approximate surface area is 136 Å². The second-order valence-corrected chi connectivity index (χ2v) is 6.89. The van der Waals surface area contributed by atoms with Crippen LogP contribution in [0.5, 0.6) is 0 Å². The first kappa shape index (κ1) is 12.9. The fraction of sp³-hybridized carbons (Fsp3) is 0.130. The van der Waals surface area contributed by atoms with Crippen LogP contribution in [-0.4, -0.2) is 0 Å². The molecule has 0 fully saturated rings. The summed E-state index contributed by atoms with van der Waals surface area (Å²) in [5, 5.41) is 8.10. The van der Waals surface area contributed by atoms with Crippen molar-refractivity contribution in [1.82, 2.24) is 0 Å². The van der Waals surface area contributed by atoms with Crippen molar-refractivity contribution in [1.29, 1.82) is 0 Å². The Balaban J connectivity index is 1.93. The minimum atomic E-state index is 1.10. The molecule has 0 aliphatic heterocycles. The van der Waals surface area contributed by atoms with Crippen LogP contribution in [0.2, 0.25) is 0 Å². The SMILES string of the molecule is CC1=Cc2c(ccc3c2ccc2cc4cc(C)ccc4cc23)C1. The second kappa shape index (κ2) is 4.45. The predicted octanol–water partition coefficient (Wildman–Crippen LogP) is 6.41. The Morgan fingerprint density at radius 3 is 2.39 bits per heavy atom. The fourth-order valence-electron chi connectivity index (χ4n) is 4.00. The molecule has 0 heterocycles. The van der Waals surface area contributed by atoms with Crippen molar-refractivity contribution in [2.75, 3.05) is 0 Å². The molecule has 4 aromatic carbocycles. The van der Waals surface area contributed by atoms with Gasteiger partial charge in [0.15, 0.2) is 0 Å². The lowest BCUT2D eigenvalue weighted by Gasteiger charge is -2.10. The summed E-state index contributed by atoms with van der Waals surface area (Å²) < 4.78 is 0. The molecule has 0 saturated carbocycles. The molecule has 1 aliphatic carbocycles. The zero-order valence-electron chi connectivity index (χ0n) is 13.5. The Morgan fingerprint density at radius 2 is 1.48 bits per heavy atom. The number of hydrogen-bond acceptors (Lipinski definition) is 0. The third-order valence-electron chi connectivity index (χ3n) is 5.12. The molecule has 0 saturated heterocycles. The summed E-state index contributed by atoms with van der Waals surface area (Å²) in [6.07, 6.45) is 3.45. The van der Waals surface area contributed by atoms with E-state index >= 15 is 0 Å². The molecule has 0 unspecified atom stereocenters. The van der Waals surface area contributed by atoms with E-state index in [1.54, 1.807) is 0 Å². The maximum Gasteiger partial charge on any atom is -0.00604 e. The molecule has 0 radical (unpaired) electrons. The molecule has 0 N–H and O–H groups in total. The highest BCUT2D eigenvalue weighted by Crippen LogP contribution is 2.36. The summed E-state index contributed by atoms with van der Waals surface area (Å²) in [5.41, 5.74) is 5.66. The molecular formula is C23H18. The van der Waals surface area contributed by atoms with Crippen LogP contribution in [-0.2, 0) is 6.42 Å².